The van der Waals surface area contributed by atoms with Gasteiger partial charge in [0.1, 0.15) is 12.1 Å². The first-order valence-corrected chi connectivity index (χ1v) is 14.0. The van der Waals surface area contributed by atoms with Gasteiger partial charge in [0, 0.05) is 37.0 Å². The number of para-hydroxylation sites is 2. The van der Waals surface area contributed by atoms with Gasteiger partial charge in [0.05, 0.1) is 17.4 Å². The quantitative estimate of drug-likeness (QED) is 0.130. The van der Waals surface area contributed by atoms with Crippen LogP contribution in [0.3, 0.4) is 0 Å². The van der Waals surface area contributed by atoms with E-state index in [4.69, 9.17) is 0 Å². The summed E-state index contributed by atoms with van der Waals surface area (Å²) in [5, 5.41) is 10.2. The van der Waals surface area contributed by atoms with Crippen LogP contribution < -0.4 is 21.5 Å². The van der Waals surface area contributed by atoms with Crippen molar-refractivity contribution in [1.29, 1.82) is 0 Å². The third kappa shape index (κ3) is 6.84. The molecule has 3 amide bonds. The van der Waals surface area contributed by atoms with E-state index in [0.717, 1.165) is 16.3 Å². The zero-order chi connectivity index (χ0) is 29.5. The van der Waals surface area contributed by atoms with Gasteiger partial charge in [0.2, 0.25) is 11.8 Å². The SMILES string of the molecule is O=C(N[C@@H](Cc1ccc2ccccc2c1)C(=O)N[C@@H](Cc1cnc[nH]1)C(=O)NCCS)c1nc2ccccc2[nH]c1=O. The highest BCUT2D eigenvalue weighted by Crippen LogP contribution is 2.17. The van der Waals surface area contributed by atoms with Gasteiger partial charge in [-0.3, -0.25) is 19.2 Å². The van der Waals surface area contributed by atoms with Gasteiger partial charge in [0.15, 0.2) is 5.69 Å². The summed E-state index contributed by atoms with van der Waals surface area (Å²) in [7, 11) is 0. The van der Waals surface area contributed by atoms with Crippen LogP contribution in [-0.2, 0) is 22.4 Å². The van der Waals surface area contributed by atoms with Crippen molar-refractivity contribution in [3.63, 3.8) is 0 Å². The summed E-state index contributed by atoms with van der Waals surface area (Å²) < 4.78 is 0. The lowest BCUT2D eigenvalue weighted by Crippen LogP contribution is -2.55. The monoisotopic (exact) mass is 583 g/mol. The number of aromatic amines is 2. The fraction of sp³-hybridized carbons (Fsp3) is 0.200. The Hall–Kier alpha value is -4.97. The second kappa shape index (κ2) is 13.1. The molecular weight excluding hydrogens is 554 g/mol. The molecular formula is C30H29N7O4S. The molecule has 0 radical (unpaired) electrons. The Morgan fingerprint density at radius 3 is 2.43 bits per heavy atom. The van der Waals surface area contributed by atoms with Gasteiger partial charge in [-0.1, -0.05) is 54.6 Å². The van der Waals surface area contributed by atoms with Crippen molar-refractivity contribution in [3.8, 4) is 0 Å². The standard InChI is InChI=1S/C30H29N7O4S/c38-27(32-11-12-42)25(15-21-16-31-17-33-21)36-28(39)24(14-18-9-10-19-5-1-2-6-20(19)13-18)37-30(41)26-29(40)35-23-8-4-3-7-22(23)34-26/h1-10,13,16-17,24-25,42H,11-12,14-15H2,(H,31,33)(H,32,38)(H,35,40)(H,36,39)(H,37,41)/t24-,25-/m0/s1. The van der Waals surface area contributed by atoms with Crippen LogP contribution in [0.4, 0.5) is 0 Å². The van der Waals surface area contributed by atoms with Crippen molar-refractivity contribution in [2.24, 2.45) is 0 Å². The van der Waals surface area contributed by atoms with E-state index >= 15 is 0 Å². The zero-order valence-electron chi connectivity index (χ0n) is 22.5. The Morgan fingerprint density at radius 2 is 1.64 bits per heavy atom. The van der Waals surface area contributed by atoms with Crippen LogP contribution in [0.25, 0.3) is 21.8 Å². The zero-order valence-corrected chi connectivity index (χ0v) is 23.4. The van der Waals surface area contributed by atoms with Crippen molar-refractivity contribution < 1.29 is 14.4 Å². The first-order chi connectivity index (χ1) is 20.4. The normalized spacial score (nSPS) is 12.5. The number of hydrogen-bond donors (Lipinski definition) is 6. The van der Waals surface area contributed by atoms with Gasteiger partial charge < -0.3 is 25.9 Å². The molecule has 0 aliphatic rings. The number of nitrogens with one attached hydrogen (secondary N) is 5. The molecule has 42 heavy (non-hydrogen) atoms. The van der Waals surface area contributed by atoms with Gasteiger partial charge in [-0.05, 0) is 28.5 Å². The summed E-state index contributed by atoms with van der Waals surface area (Å²) in [6.45, 7) is 0.310. The molecule has 2 atom stereocenters. The largest absolute Gasteiger partial charge is 0.353 e. The number of benzene rings is 3. The lowest BCUT2D eigenvalue weighted by Gasteiger charge is -2.23. The van der Waals surface area contributed by atoms with Gasteiger partial charge in [-0.25, -0.2) is 9.97 Å². The lowest BCUT2D eigenvalue weighted by atomic mass is 10.0. The highest BCUT2D eigenvalue weighted by atomic mass is 32.1. The van der Waals surface area contributed by atoms with Crippen molar-refractivity contribution in [2.75, 3.05) is 12.3 Å². The molecule has 12 heteroatoms. The average Bonchev–Trinajstić information content (AvgIpc) is 3.52. The summed E-state index contributed by atoms with van der Waals surface area (Å²) >= 11 is 4.14. The number of H-pyrrole nitrogens is 2. The van der Waals surface area contributed by atoms with Crippen LogP contribution in [0, 0.1) is 0 Å². The smallest absolute Gasteiger partial charge is 0.280 e. The number of thiol groups is 1. The number of nitrogens with zero attached hydrogens (tertiary/aromatic N) is 2. The summed E-state index contributed by atoms with van der Waals surface area (Å²) in [5.74, 6) is -1.40. The number of rotatable bonds is 11. The average molecular weight is 584 g/mol. The summed E-state index contributed by atoms with van der Waals surface area (Å²) in [4.78, 5) is 66.6. The van der Waals surface area contributed by atoms with Crippen molar-refractivity contribution in [2.45, 2.75) is 24.9 Å². The number of aromatic nitrogens is 4. The van der Waals surface area contributed by atoms with E-state index in [-0.39, 0.29) is 18.5 Å². The minimum atomic E-state index is -1.13. The Morgan fingerprint density at radius 1 is 0.881 bits per heavy atom. The molecule has 2 aromatic heterocycles. The number of amides is 3. The van der Waals surface area contributed by atoms with E-state index in [1.807, 2.05) is 42.5 Å². The molecule has 11 nitrogen and oxygen atoms in total. The number of carbonyl (C=O) groups excluding carboxylic acids is 3. The number of hydrogen-bond acceptors (Lipinski definition) is 7. The maximum absolute atomic E-state index is 13.7. The molecule has 0 saturated carbocycles. The fourth-order valence-corrected chi connectivity index (χ4v) is 4.73. The molecule has 0 aliphatic heterocycles. The molecule has 3 aromatic carbocycles. The molecule has 5 aromatic rings. The van der Waals surface area contributed by atoms with Crippen LogP contribution in [0.5, 0.6) is 0 Å². The second-order valence-corrected chi connectivity index (χ2v) is 10.1. The third-order valence-corrected chi connectivity index (χ3v) is 6.94. The van der Waals surface area contributed by atoms with Gasteiger partial charge in [-0.2, -0.15) is 12.6 Å². The maximum atomic E-state index is 13.7. The predicted molar refractivity (Wildman–Crippen MR) is 162 cm³/mol. The minimum Gasteiger partial charge on any atom is -0.353 e. The minimum absolute atomic E-state index is 0.100. The topological polar surface area (TPSA) is 162 Å². The van der Waals surface area contributed by atoms with Crippen LogP contribution in [0.15, 0.2) is 84.0 Å². The first-order valence-electron chi connectivity index (χ1n) is 13.3. The molecule has 214 valence electrons. The van der Waals surface area contributed by atoms with Gasteiger partial charge in [0.25, 0.3) is 11.5 Å². The fourth-order valence-electron chi connectivity index (χ4n) is 4.62. The molecule has 5 rings (SSSR count). The van der Waals surface area contributed by atoms with E-state index in [9.17, 15) is 19.2 Å². The molecule has 5 N–H and O–H groups in total. The van der Waals surface area contributed by atoms with Crippen LogP contribution in [-0.4, -0.2) is 62.0 Å². The summed E-state index contributed by atoms with van der Waals surface area (Å²) in [6.07, 6.45) is 3.29. The molecule has 0 saturated heterocycles. The molecule has 0 spiro atoms. The van der Waals surface area contributed by atoms with E-state index in [0.29, 0.717) is 29.0 Å². The van der Waals surface area contributed by atoms with E-state index in [1.165, 1.54) is 6.33 Å². The molecule has 2 heterocycles. The lowest BCUT2D eigenvalue weighted by molar-refractivity contribution is -0.129. The van der Waals surface area contributed by atoms with Crippen LogP contribution >= 0.6 is 12.6 Å². The van der Waals surface area contributed by atoms with Gasteiger partial charge >= 0.3 is 0 Å². The van der Waals surface area contributed by atoms with Crippen LogP contribution in [0.2, 0.25) is 0 Å². The number of imidazole rings is 1. The number of fused-ring (bicyclic) bond motifs is 2. The first kappa shape index (κ1) is 28.6. The highest BCUT2D eigenvalue weighted by Gasteiger charge is 2.29. The Labute approximate surface area is 246 Å². The molecule has 0 unspecified atom stereocenters. The summed E-state index contributed by atoms with van der Waals surface area (Å²) in [5.41, 5.74) is 1.28. The van der Waals surface area contributed by atoms with E-state index < -0.39 is 35.4 Å². The highest BCUT2D eigenvalue weighted by molar-refractivity contribution is 7.80. The molecule has 0 aliphatic carbocycles. The number of carbonyl (C=O) groups is 3. The Balaban J connectivity index is 1.43. The Kier molecular flexibility index (Phi) is 8.93. The Bertz CT molecular complexity index is 1790. The van der Waals surface area contributed by atoms with Crippen molar-refractivity contribution in [3.05, 3.63) is 107 Å². The molecule has 0 fully saturated rings. The maximum Gasteiger partial charge on any atom is 0.280 e. The van der Waals surface area contributed by atoms with Crippen molar-refractivity contribution in [1.82, 2.24) is 35.9 Å². The summed E-state index contributed by atoms with van der Waals surface area (Å²) in [6, 6.07) is 18.3. The van der Waals surface area contributed by atoms with Gasteiger partial charge in [-0.15, -0.1) is 0 Å². The second-order valence-electron chi connectivity index (χ2n) is 9.70. The van der Waals surface area contributed by atoms with Crippen LogP contribution in [0.1, 0.15) is 21.7 Å². The predicted octanol–water partition coefficient (Wildman–Crippen LogP) is 1.91. The van der Waals surface area contributed by atoms with E-state index in [1.54, 1.807) is 30.5 Å². The van der Waals surface area contributed by atoms with Crippen molar-refractivity contribution >= 4 is 52.2 Å². The molecule has 0 bridgehead atoms. The van der Waals surface area contributed by atoms with E-state index in [2.05, 4.69) is 48.5 Å². The third-order valence-electron chi connectivity index (χ3n) is 6.71.